The molecule has 1 amide bonds. The maximum Gasteiger partial charge on any atom is 0.255 e. The fourth-order valence-corrected chi connectivity index (χ4v) is 5.51. The van der Waals surface area contributed by atoms with Gasteiger partial charge in [-0.2, -0.15) is 0 Å². The first-order valence-electron chi connectivity index (χ1n) is 9.97. The second kappa shape index (κ2) is 9.03. The first-order chi connectivity index (χ1) is 14.8. The van der Waals surface area contributed by atoms with Crippen LogP contribution in [0.4, 0.5) is 0 Å². The van der Waals surface area contributed by atoms with E-state index in [1.54, 1.807) is 0 Å². The Balaban J connectivity index is 0.00000204. The highest BCUT2D eigenvalue weighted by molar-refractivity contribution is 6.24. The third-order valence-corrected chi connectivity index (χ3v) is 7.02. The van der Waals surface area contributed by atoms with E-state index in [9.17, 15) is 39.9 Å². The monoisotopic (exact) mass is 498 g/mol. The number of ketones is 2. The van der Waals surface area contributed by atoms with E-state index in [-0.39, 0.29) is 34.0 Å². The van der Waals surface area contributed by atoms with Gasteiger partial charge in [0.1, 0.15) is 22.8 Å². The maximum atomic E-state index is 13.3. The Morgan fingerprint density at radius 3 is 2.17 bits per heavy atom. The van der Waals surface area contributed by atoms with E-state index in [0.717, 1.165) is 0 Å². The maximum absolute atomic E-state index is 13.3. The minimum Gasteiger partial charge on any atom is -0.510 e. The van der Waals surface area contributed by atoms with Crippen LogP contribution in [-0.2, 0) is 15.2 Å². The quantitative estimate of drug-likeness (QED) is 0.231. The Morgan fingerprint density at radius 1 is 1.09 bits per heavy atom. The molecular formula is C22H30N2O11. The minimum atomic E-state index is -2.75. The van der Waals surface area contributed by atoms with Crippen LogP contribution in [0.2, 0.25) is 0 Å². The molecular weight excluding hydrogens is 468 g/mol. The zero-order chi connectivity index (χ0) is 23.9. The molecule has 1 aromatic rings. The van der Waals surface area contributed by atoms with Crippen LogP contribution in [0.15, 0.2) is 40.9 Å². The normalized spacial score (nSPS) is 31.4. The SMILES string of the molecule is CN(C)[C@@H]1C(O)=C(C(N)=O)C(=O)[C@@]2(O)C(O)=C3C(=O)c4c(O)cccc4[C@@](C)(O)[C@H]3C[C@@H]12.O.O.O. The molecule has 0 spiro atoms. The summed E-state index contributed by atoms with van der Waals surface area (Å²) in [4.78, 5) is 39.9. The zero-order valence-electron chi connectivity index (χ0n) is 19.2. The van der Waals surface area contributed by atoms with Gasteiger partial charge in [-0.05, 0) is 39.1 Å². The van der Waals surface area contributed by atoms with E-state index in [0.29, 0.717) is 0 Å². The van der Waals surface area contributed by atoms with Crippen LogP contribution < -0.4 is 5.73 Å². The van der Waals surface area contributed by atoms with Gasteiger partial charge in [0.15, 0.2) is 11.4 Å². The molecule has 0 unspecified atom stereocenters. The average molecular weight is 498 g/mol. The fourth-order valence-electron chi connectivity index (χ4n) is 5.51. The molecule has 0 aromatic heterocycles. The summed E-state index contributed by atoms with van der Waals surface area (Å²) in [6.07, 6.45) is -0.200. The van der Waals surface area contributed by atoms with Gasteiger partial charge in [0.2, 0.25) is 5.78 Å². The predicted molar refractivity (Wildman–Crippen MR) is 120 cm³/mol. The minimum absolute atomic E-state index is 0. The molecule has 13 N–H and O–H groups in total. The highest BCUT2D eigenvalue weighted by atomic mass is 16.3. The molecule has 0 bridgehead atoms. The molecule has 0 heterocycles. The standard InChI is InChI=1S/C22H24N2O8.3H2O/c1-21(31)8-5-4-6-11(25)12(8)16(26)13-9(21)7-10-15(24(2)3)17(27)14(20(23)30)19(29)22(10,32)18(13)28;;;/h4-6,9-10,15,25,27-28,31-32H,7H2,1-3H3,(H2,23,30);3*1H2/t9-,10-,15-,21+,22-;;;/m0.../s1. The summed E-state index contributed by atoms with van der Waals surface area (Å²) in [6, 6.07) is 3.05. The number of fused-ring (bicyclic) bond motifs is 3. The summed E-state index contributed by atoms with van der Waals surface area (Å²) in [5.41, 5.74) is -0.654. The van der Waals surface area contributed by atoms with Crippen molar-refractivity contribution < 1.29 is 56.3 Å². The molecule has 35 heavy (non-hydrogen) atoms. The molecule has 1 aromatic carbocycles. The molecule has 0 radical (unpaired) electrons. The van der Waals surface area contributed by atoms with E-state index in [1.165, 1.54) is 44.1 Å². The average Bonchev–Trinajstić information content (AvgIpc) is 2.68. The van der Waals surface area contributed by atoms with Crippen LogP contribution in [0.3, 0.4) is 0 Å². The van der Waals surface area contributed by atoms with E-state index in [4.69, 9.17) is 5.73 Å². The summed E-state index contributed by atoms with van der Waals surface area (Å²) >= 11 is 0. The molecule has 0 saturated carbocycles. The van der Waals surface area contributed by atoms with Gasteiger partial charge in [-0.25, -0.2) is 0 Å². The van der Waals surface area contributed by atoms with Crippen molar-refractivity contribution in [3.8, 4) is 5.75 Å². The molecule has 4 rings (SSSR count). The van der Waals surface area contributed by atoms with Gasteiger partial charge in [-0.3, -0.25) is 19.3 Å². The molecule has 3 aliphatic carbocycles. The van der Waals surface area contributed by atoms with Crippen LogP contribution in [0, 0.1) is 11.8 Å². The van der Waals surface area contributed by atoms with Crippen LogP contribution in [-0.4, -0.2) is 90.1 Å². The first kappa shape index (κ1) is 29.7. The number of carbonyl (C=O) groups is 3. The number of nitrogens with two attached hydrogens (primary N) is 1. The Bertz CT molecular complexity index is 1150. The number of hydrogen-bond donors (Lipinski definition) is 6. The van der Waals surface area contributed by atoms with Gasteiger partial charge in [0, 0.05) is 17.4 Å². The third kappa shape index (κ3) is 3.52. The lowest BCUT2D eigenvalue weighted by Gasteiger charge is -2.52. The predicted octanol–water partition coefficient (Wildman–Crippen LogP) is -2.69. The number of nitrogens with zero attached hydrogens (tertiary/aromatic N) is 1. The molecule has 5 atom stereocenters. The number of Topliss-reactive ketones (excluding diaryl/α,β-unsaturated/α-hetero) is 2. The highest BCUT2D eigenvalue weighted by Gasteiger charge is 2.65. The van der Waals surface area contributed by atoms with Gasteiger partial charge in [0.25, 0.3) is 5.91 Å². The van der Waals surface area contributed by atoms with Crippen molar-refractivity contribution in [1.82, 2.24) is 4.90 Å². The number of hydrogen-bond acceptors (Lipinski definition) is 9. The third-order valence-electron chi connectivity index (χ3n) is 7.02. The van der Waals surface area contributed by atoms with Gasteiger partial charge in [-0.1, -0.05) is 12.1 Å². The van der Waals surface area contributed by atoms with Gasteiger partial charge < -0.3 is 47.7 Å². The zero-order valence-corrected chi connectivity index (χ0v) is 19.2. The number of amides is 1. The Hall–Kier alpha value is -3.33. The summed E-state index contributed by atoms with van der Waals surface area (Å²) in [6.45, 7) is 1.40. The smallest absolute Gasteiger partial charge is 0.255 e. The molecule has 194 valence electrons. The van der Waals surface area contributed by atoms with Crippen molar-refractivity contribution >= 4 is 17.5 Å². The number of phenols is 1. The second-order valence-corrected chi connectivity index (χ2v) is 8.96. The number of benzene rings is 1. The molecule has 13 nitrogen and oxygen atoms in total. The lowest BCUT2D eigenvalue weighted by Crippen LogP contribution is -2.65. The number of rotatable bonds is 2. The summed E-state index contributed by atoms with van der Waals surface area (Å²) in [5.74, 6) is -7.89. The van der Waals surface area contributed by atoms with E-state index < -0.39 is 75.0 Å². The molecule has 0 saturated heterocycles. The van der Waals surface area contributed by atoms with Crippen LogP contribution in [0.5, 0.6) is 5.75 Å². The summed E-state index contributed by atoms with van der Waals surface area (Å²) in [5, 5.41) is 55.0. The number of carbonyl (C=O) groups excluding carboxylic acids is 3. The Labute approximate surface area is 199 Å². The number of primary amides is 1. The van der Waals surface area contributed by atoms with Crippen LogP contribution in [0.25, 0.3) is 0 Å². The number of phenolic OH excluding ortho intramolecular Hbond substituents is 1. The van der Waals surface area contributed by atoms with Crippen molar-refractivity contribution in [3.63, 3.8) is 0 Å². The van der Waals surface area contributed by atoms with E-state index in [1.807, 2.05) is 0 Å². The number of aliphatic hydroxyl groups excluding tert-OH is 2. The van der Waals surface area contributed by atoms with E-state index >= 15 is 0 Å². The van der Waals surface area contributed by atoms with Gasteiger partial charge in [0.05, 0.1) is 17.2 Å². The highest BCUT2D eigenvalue weighted by Crippen LogP contribution is 2.56. The molecule has 13 heteroatoms. The Kier molecular flexibility index (Phi) is 7.67. The van der Waals surface area contributed by atoms with Gasteiger partial charge >= 0.3 is 0 Å². The van der Waals surface area contributed by atoms with Crippen molar-refractivity contribution in [2.45, 2.75) is 30.6 Å². The topological polar surface area (TPSA) is 276 Å². The van der Waals surface area contributed by atoms with E-state index in [2.05, 4.69) is 0 Å². The molecule has 3 aliphatic rings. The first-order valence-corrected chi connectivity index (χ1v) is 9.97. The number of aliphatic hydroxyl groups is 4. The lowest BCUT2D eigenvalue weighted by atomic mass is 9.55. The number of likely N-dealkylation sites (N-methyl/N-ethyl adjacent to an activating group) is 1. The lowest BCUT2D eigenvalue weighted by molar-refractivity contribution is -0.151. The van der Waals surface area contributed by atoms with Crippen molar-refractivity contribution in [2.24, 2.45) is 17.6 Å². The largest absolute Gasteiger partial charge is 0.510 e. The van der Waals surface area contributed by atoms with Crippen molar-refractivity contribution in [3.05, 3.63) is 52.0 Å². The van der Waals surface area contributed by atoms with Gasteiger partial charge in [-0.15, -0.1) is 0 Å². The van der Waals surface area contributed by atoms with Crippen molar-refractivity contribution in [2.75, 3.05) is 14.1 Å². The summed E-state index contributed by atoms with van der Waals surface area (Å²) in [7, 11) is 3.06. The molecule has 0 fully saturated rings. The fraction of sp³-hybridized carbons (Fsp3) is 0.409. The van der Waals surface area contributed by atoms with Crippen LogP contribution >= 0.6 is 0 Å². The number of aromatic hydroxyl groups is 1. The van der Waals surface area contributed by atoms with Crippen LogP contribution in [0.1, 0.15) is 29.3 Å². The summed E-state index contributed by atoms with van der Waals surface area (Å²) < 4.78 is 0. The second-order valence-electron chi connectivity index (χ2n) is 8.96. The van der Waals surface area contributed by atoms with Crippen molar-refractivity contribution in [1.29, 1.82) is 0 Å². The Morgan fingerprint density at radius 2 is 1.66 bits per heavy atom. The molecule has 0 aliphatic heterocycles.